The number of hydrogen-bond donors (Lipinski definition) is 1. The standard InChI is InChI=1S/C13H27N3O3P2S/c1-10(2)20-16(21-11(3)4)22(18,19)12-7-8-15(14-12)9-13(5,6)17/h7-8,10-11,17,20-21H,9H2,1-6H3. The lowest BCUT2D eigenvalue weighted by Gasteiger charge is -2.24. The van der Waals surface area contributed by atoms with E-state index in [4.69, 9.17) is 0 Å². The van der Waals surface area contributed by atoms with Gasteiger partial charge in [0.15, 0.2) is 5.03 Å². The fourth-order valence-electron chi connectivity index (χ4n) is 1.70. The second kappa shape index (κ2) is 7.67. The molecule has 1 rings (SSSR count). The third-order valence-electron chi connectivity index (χ3n) is 2.42. The molecule has 1 N–H and O–H groups in total. The van der Waals surface area contributed by atoms with Crippen LogP contribution in [0.4, 0.5) is 0 Å². The van der Waals surface area contributed by atoms with Crippen molar-refractivity contribution >= 4 is 27.5 Å². The van der Waals surface area contributed by atoms with Crippen molar-refractivity contribution in [3.63, 3.8) is 0 Å². The van der Waals surface area contributed by atoms with Gasteiger partial charge in [0.05, 0.1) is 12.1 Å². The molecule has 0 amide bonds. The Morgan fingerprint density at radius 2 is 1.77 bits per heavy atom. The molecule has 0 aromatic carbocycles. The van der Waals surface area contributed by atoms with E-state index in [0.29, 0.717) is 0 Å². The van der Waals surface area contributed by atoms with Gasteiger partial charge in [0, 0.05) is 6.20 Å². The first-order valence-electron chi connectivity index (χ1n) is 7.25. The molecule has 0 aliphatic heterocycles. The minimum absolute atomic E-state index is 0.0538. The normalized spacial score (nSPS) is 14.6. The molecule has 1 heterocycles. The first kappa shape index (κ1) is 20.0. The fraction of sp³-hybridized carbons (Fsp3) is 0.769. The quantitative estimate of drug-likeness (QED) is 0.717. The Hall–Kier alpha value is -0.0600. The van der Waals surface area contributed by atoms with Gasteiger partial charge in [-0.2, -0.15) is 8.94 Å². The van der Waals surface area contributed by atoms with Gasteiger partial charge in [0.2, 0.25) is 0 Å². The molecule has 0 bridgehead atoms. The Labute approximate surface area is 137 Å². The van der Waals surface area contributed by atoms with E-state index in [0.717, 1.165) is 0 Å². The van der Waals surface area contributed by atoms with E-state index >= 15 is 0 Å². The number of nitrogens with zero attached hydrogens (tertiary/aromatic N) is 3. The largest absolute Gasteiger partial charge is 0.389 e. The topological polar surface area (TPSA) is 75.4 Å². The van der Waals surface area contributed by atoms with Gasteiger partial charge in [0.25, 0.3) is 10.0 Å². The van der Waals surface area contributed by atoms with Crippen LogP contribution in [0.15, 0.2) is 17.3 Å². The minimum atomic E-state index is -3.58. The first-order valence-corrected chi connectivity index (χ1v) is 10.7. The molecule has 0 fully saturated rings. The Kier molecular flexibility index (Phi) is 6.97. The van der Waals surface area contributed by atoms with Crippen LogP contribution in [0, 0.1) is 0 Å². The van der Waals surface area contributed by atoms with E-state index in [9.17, 15) is 13.5 Å². The smallest absolute Gasteiger partial charge is 0.268 e. The monoisotopic (exact) mass is 367 g/mol. The lowest BCUT2D eigenvalue weighted by atomic mass is 10.1. The number of rotatable bonds is 8. The second-order valence-corrected chi connectivity index (χ2v) is 13.1. The van der Waals surface area contributed by atoms with Gasteiger partial charge in [-0.05, 0) is 48.7 Å². The summed E-state index contributed by atoms with van der Waals surface area (Å²) in [5, 5.41) is 14.0. The van der Waals surface area contributed by atoms with Gasteiger partial charge < -0.3 is 5.11 Å². The number of aromatic nitrogens is 2. The van der Waals surface area contributed by atoms with Gasteiger partial charge in [-0.3, -0.25) is 4.68 Å². The van der Waals surface area contributed by atoms with Crippen molar-refractivity contribution in [2.24, 2.45) is 0 Å². The summed E-state index contributed by atoms with van der Waals surface area (Å²) >= 11 is 0. The Morgan fingerprint density at radius 3 is 2.18 bits per heavy atom. The van der Waals surface area contributed by atoms with Crippen molar-refractivity contribution in [3.8, 4) is 0 Å². The highest BCUT2D eigenvalue weighted by molar-refractivity contribution is 7.97. The van der Waals surface area contributed by atoms with E-state index in [-0.39, 0.29) is 40.4 Å². The molecule has 2 atom stereocenters. The van der Waals surface area contributed by atoms with E-state index in [1.54, 1.807) is 23.9 Å². The van der Waals surface area contributed by atoms with Crippen LogP contribution in [0.3, 0.4) is 0 Å². The Morgan fingerprint density at radius 1 is 1.27 bits per heavy atom. The van der Waals surface area contributed by atoms with Gasteiger partial charge in [-0.25, -0.2) is 8.42 Å². The van der Waals surface area contributed by atoms with E-state index in [2.05, 4.69) is 5.10 Å². The van der Waals surface area contributed by atoms with Crippen LogP contribution in [-0.2, 0) is 16.6 Å². The van der Waals surface area contributed by atoms with Gasteiger partial charge in [0.1, 0.15) is 0 Å². The number of sulfonamides is 1. The summed E-state index contributed by atoms with van der Waals surface area (Å²) in [7, 11) is -3.17. The van der Waals surface area contributed by atoms with Crippen LogP contribution in [0.25, 0.3) is 0 Å². The third-order valence-corrected chi connectivity index (χ3v) is 8.00. The Balaban J connectivity index is 3.04. The maximum Gasteiger partial charge on any atom is 0.268 e. The van der Waals surface area contributed by atoms with Crippen LogP contribution < -0.4 is 0 Å². The lowest BCUT2D eigenvalue weighted by molar-refractivity contribution is 0.0573. The Bertz CT molecular complexity index is 570. The van der Waals surface area contributed by atoms with Crippen molar-refractivity contribution < 1.29 is 13.5 Å². The summed E-state index contributed by atoms with van der Waals surface area (Å²) in [6, 6.07) is 1.50. The number of aliphatic hydroxyl groups is 1. The molecule has 9 heteroatoms. The van der Waals surface area contributed by atoms with Crippen molar-refractivity contribution in [1.29, 1.82) is 0 Å². The molecule has 0 spiro atoms. The van der Waals surface area contributed by atoms with E-state index in [1.165, 1.54) is 10.7 Å². The van der Waals surface area contributed by atoms with Crippen molar-refractivity contribution in [2.45, 2.75) is 70.0 Å². The van der Waals surface area contributed by atoms with Crippen LogP contribution >= 0.6 is 17.5 Å². The lowest BCUT2D eigenvalue weighted by Crippen LogP contribution is -2.27. The van der Waals surface area contributed by atoms with Gasteiger partial charge >= 0.3 is 0 Å². The van der Waals surface area contributed by atoms with E-state index in [1.807, 2.05) is 27.7 Å². The molecule has 6 nitrogen and oxygen atoms in total. The summed E-state index contributed by atoms with van der Waals surface area (Å²) in [5.41, 5.74) is -0.384. The summed E-state index contributed by atoms with van der Waals surface area (Å²) in [6.07, 6.45) is 1.60. The fourth-order valence-corrected chi connectivity index (χ4v) is 8.05. The third kappa shape index (κ3) is 6.21. The zero-order chi connectivity index (χ0) is 17.1. The first-order chi connectivity index (χ1) is 9.91. The van der Waals surface area contributed by atoms with E-state index < -0.39 is 15.6 Å². The average Bonchev–Trinajstić information content (AvgIpc) is 2.73. The molecule has 0 radical (unpaired) electrons. The molecule has 0 saturated carbocycles. The molecule has 0 aliphatic rings. The average molecular weight is 367 g/mol. The summed E-state index contributed by atoms with van der Waals surface area (Å²) < 4.78 is 28.6. The summed E-state index contributed by atoms with van der Waals surface area (Å²) in [4.78, 5) is 0. The molecule has 0 aliphatic carbocycles. The molecule has 0 saturated heterocycles. The van der Waals surface area contributed by atoms with Crippen LogP contribution in [0.2, 0.25) is 0 Å². The SMILES string of the molecule is CC(C)PN(PC(C)C)S(=O)(=O)c1ccn(CC(C)(C)O)n1. The highest BCUT2D eigenvalue weighted by Gasteiger charge is 2.29. The maximum atomic E-state index is 12.8. The predicted molar refractivity (Wildman–Crippen MR) is 94.5 cm³/mol. The molecule has 1 aromatic heterocycles. The van der Waals surface area contributed by atoms with Crippen molar-refractivity contribution in [2.75, 3.05) is 0 Å². The maximum absolute atomic E-state index is 12.8. The summed E-state index contributed by atoms with van der Waals surface area (Å²) in [6.45, 7) is 11.6. The van der Waals surface area contributed by atoms with Crippen LogP contribution in [-0.4, -0.2) is 44.1 Å². The van der Waals surface area contributed by atoms with Crippen LogP contribution in [0.1, 0.15) is 41.5 Å². The summed E-state index contributed by atoms with van der Waals surface area (Å²) in [5.74, 6) is 0. The molecule has 1 aromatic rings. The minimum Gasteiger partial charge on any atom is -0.389 e. The zero-order valence-corrected chi connectivity index (χ0v) is 16.8. The molecular formula is C13H27N3O3P2S. The van der Waals surface area contributed by atoms with Gasteiger partial charge in [-0.15, -0.1) is 0 Å². The molecule has 22 heavy (non-hydrogen) atoms. The molecular weight excluding hydrogens is 340 g/mol. The van der Waals surface area contributed by atoms with Gasteiger partial charge in [-0.1, -0.05) is 27.7 Å². The highest BCUT2D eigenvalue weighted by atomic mass is 32.2. The molecule has 2 unspecified atom stereocenters. The number of hydrogen-bond acceptors (Lipinski definition) is 4. The predicted octanol–water partition coefficient (Wildman–Crippen LogP) is 2.65. The molecule has 128 valence electrons. The zero-order valence-electron chi connectivity index (χ0n) is 14.0. The van der Waals surface area contributed by atoms with Crippen molar-refractivity contribution in [3.05, 3.63) is 12.3 Å². The van der Waals surface area contributed by atoms with Crippen molar-refractivity contribution in [1.82, 2.24) is 13.6 Å². The van der Waals surface area contributed by atoms with Crippen LogP contribution in [0.5, 0.6) is 0 Å². The second-order valence-electron chi connectivity index (χ2n) is 6.50. The highest BCUT2D eigenvalue weighted by Crippen LogP contribution is 2.43.